The normalized spacial score (nSPS) is 13.1. The molecule has 0 radical (unpaired) electrons. The zero-order valence-corrected chi connectivity index (χ0v) is 16.2. The summed E-state index contributed by atoms with van der Waals surface area (Å²) in [5.41, 5.74) is 0.0139. The molecule has 1 heterocycles. The van der Waals surface area contributed by atoms with E-state index < -0.39 is 11.6 Å². The number of nitrogens with one attached hydrogen (secondary N) is 2. The van der Waals surface area contributed by atoms with Crippen LogP contribution in [0.5, 0.6) is 5.75 Å². The number of fused-ring (bicyclic) bond motifs is 1. The standard InChI is InChI=1S/C22H26N2O4/c1-3-4-13-27-18-11-9-17(10-12-18)24-21(25)23-15-22(2,26)20-14-16-7-5-6-8-19(16)28-20/h5-12,14,26H,3-4,13,15H2,1-2H3,(H2,23,24,25)/t22-/m0/s1. The van der Waals surface area contributed by atoms with E-state index in [9.17, 15) is 9.90 Å². The minimum Gasteiger partial charge on any atom is -0.494 e. The Hall–Kier alpha value is -2.99. The Bertz CT molecular complexity index is 883. The smallest absolute Gasteiger partial charge is 0.319 e. The highest BCUT2D eigenvalue weighted by molar-refractivity contribution is 5.89. The van der Waals surface area contributed by atoms with Crippen LogP contribution in [0.3, 0.4) is 0 Å². The molecule has 148 valence electrons. The summed E-state index contributed by atoms with van der Waals surface area (Å²) in [7, 11) is 0. The lowest BCUT2D eigenvalue weighted by Gasteiger charge is -2.21. The van der Waals surface area contributed by atoms with Gasteiger partial charge in [-0.3, -0.25) is 0 Å². The SMILES string of the molecule is CCCCOc1ccc(NC(=O)NC[C@](C)(O)c2cc3ccccc3o2)cc1. The van der Waals surface area contributed by atoms with Crippen molar-refractivity contribution in [1.82, 2.24) is 5.32 Å². The molecule has 0 bridgehead atoms. The van der Waals surface area contributed by atoms with Gasteiger partial charge in [0.15, 0.2) is 0 Å². The van der Waals surface area contributed by atoms with Gasteiger partial charge in [-0.1, -0.05) is 31.5 Å². The Morgan fingerprint density at radius 3 is 2.64 bits per heavy atom. The van der Waals surface area contributed by atoms with Crippen LogP contribution in [-0.4, -0.2) is 24.3 Å². The Balaban J connectivity index is 1.53. The van der Waals surface area contributed by atoms with E-state index in [1.165, 1.54) is 0 Å². The molecule has 0 aliphatic rings. The first-order valence-corrected chi connectivity index (χ1v) is 9.47. The number of unbranched alkanes of at least 4 members (excludes halogenated alkanes) is 1. The topological polar surface area (TPSA) is 83.7 Å². The van der Waals surface area contributed by atoms with Crippen molar-refractivity contribution in [2.24, 2.45) is 0 Å². The zero-order chi connectivity index (χ0) is 20.0. The number of furan rings is 1. The summed E-state index contributed by atoms with van der Waals surface area (Å²) in [5.74, 6) is 1.18. The fourth-order valence-electron chi connectivity index (χ4n) is 2.73. The second-order valence-electron chi connectivity index (χ2n) is 6.96. The highest BCUT2D eigenvalue weighted by Gasteiger charge is 2.28. The minimum absolute atomic E-state index is 0.0108. The molecule has 2 aromatic carbocycles. The fraction of sp³-hybridized carbons (Fsp3) is 0.318. The average Bonchev–Trinajstić information content (AvgIpc) is 3.13. The predicted octanol–water partition coefficient (Wildman–Crippen LogP) is 4.64. The van der Waals surface area contributed by atoms with Crippen molar-refractivity contribution in [1.29, 1.82) is 0 Å². The number of benzene rings is 2. The highest BCUT2D eigenvalue weighted by Crippen LogP contribution is 2.27. The molecule has 6 nitrogen and oxygen atoms in total. The molecule has 0 aliphatic carbocycles. The van der Waals surface area contributed by atoms with Gasteiger partial charge < -0.3 is 24.9 Å². The number of aliphatic hydroxyl groups is 1. The van der Waals surface area contributed by atoms with Crippen LogP contribution in [0, 0.1) is 0 Å². The van der Waals surface area contributed by atoms with E-state index in [0.29, 0.717) is 23.6 Å². The minimum atomic E-state index is -1.33. The highest BCUT2D eigenvalue weighted by atomic mass is 16.5. The van der Waals surface area contributed by atoms with Crippen LogP contribution in [0.4, 0.5) is 10.5 Å². The predicted molar refractivity (Wildman–Crippen MR) is 110 cm³/mol. The number of hydrogen-bond donors (Lipinski definition) is 3. The second kappa shape index (κ2) is 8.80. The van der Waals surface area contributed by atoms with Crippen LogP contribution in [-0.2, 0) is 5.60 Å². The van der Waals surface area contributed by atoms with Crippen LogP contribution in [0.1, 0.15) is 32.4 Å². The van der Waals surface area contributed by atoms with Crippen molar-refractivity contribution in [2.75, 3.05) is 18.5 Å². The molecule has 0 aliphatic heterocycles. The number of anilines is 1. The first-order valence-electron chi connectivity index (χ1n) is 9.47. The third kappa shape index (κ3) is 5.04. The third-order valence-corrected chi connectivity index (χ3v) is 4.43. The first kappa shape index (κ1) is 19.8. The molecule has 0 fully saturated rings. The number of carbonyl (C=O) groups excluding carboxylic acids is 1. The van der Waals surface area contributed by atoms with Crippen LogP contribution in [0.2, 0.25) is 0 Å². The maximum atomic E-state index is 12.2. The zero-order valence-electron chi connectivity index (χ0n) is 16.2. The number of ether oxygens (including phenoxy) is 1. The fourth-order valence-corrected chi connectivity index (χ4v) is 2.73. The van der Waals surface area contributed by atoms with Crippen molar-refractivity contribution < 1.29 is 19.1 Å². The van der Waals surface area contributed by atoms with E-state index in [0.717, 1.165) is 24.0 Å². The Morgan fingerprint density at radius 2 is 1.93 bits per heavy atom. The molecule has 3 N–H and O–H groups in total. The van der Waals surface area contributed by atoms with Gasteiger partial charge >= 0.3 is 6.03 Å². The van der Waals surface area contributed by atoms with Gasteiger partial charge in [0.05, 0.1) is 13.2 Å². The molecule has 0 spiro atoms. The molecule has 0 saturated carbocycles. The van der Waals surface area contributed by atoms with Crippen molar-refractivity contribution in [3.8, 4) is 5.75 Å². The second-order valence-corrected chi connectivity index (χ2v) is 6.96. The van der Waals surface area contributed by atoms with Crippen molar-refractivity contribution in [3.63, 3.8) is 0 Å². The van der Waals surface area contributed by atoms with Gasteiger partial charge in [0.2, 0.25) is 0 Å². The van der Waals surface area contributed by atoms with Gasteiger partial charge in [-0.25, -0.2) is 4.79 Å². The summed E-state index contributed by atoms with van der Waals surface area (Å²) in [5, 5.41) is 17.0. The summed E-state index contributed by atoms with van der Waals surface area (Å²) in [4.78, 5) is 12.2. The van der Waals surface area contributed by atoms with Crippen molar-refractivity contribution in [3.05, 3.63) is 60.4 Å². The molecule has 3 rings (SSSR count). The van der Waals surface area contributed by atoms with Gasteiger partial charge in [-0.05, 0) is 49.7 Å². The average molecular weight is 382 g/mol. The monoisotopic (exact) mass is 382 g/mol. The third-order valence-electron chi connectivity index (χ3n) is 4.43. The van der Waals surface area contributed by atoms with Crippen LogP contribution in [0.15, 0.2) is 59.0 Å². The maximum Gasteiger partial charge on any atom is 0.319 e. The van der Waals surface area contributed by atoms with E-state index in [4.69, 9.17) is 9.15 Å². The Labute approximate surface area is 164 Å². The lowest BCUT2D eigenvalue weighted by atomic mass is 10.0. The summed E-state index contributed by atoms with van der Waals surface area (Å²) in [6, 6.07) is 16.1. The number of hydrogen-bond acceptors (Lipinski definition) is 4. The summed E-state index contributed by atoms with van der Waals surface area (Å²) >= 11 is 0. The van der Waals surface area contributed by atoms with Crippen LogP contribution < -0.4 is 15.4 Å². The van der Waals surface area contributed by atoms with Gasteiger partial charge in [0, 0.05) is 11.1 Å². The number of rotatable bonds is 8. The quantitative estimate of drug-likeness (QED) is 0.496. The van der Waals surface area contributed by atoms with Crippen molar-refractivity contribution >= 4 is 22.7 Å². The summed E-state index contributed by atoms with van der Waals surface area (Å²) < 4.78 is 11.3. The Kier molecular flexibility index (Phi) is 6.21. The molecule has 0 saturated heterocycles. The van der Waals surface area contributed by atoms with Crippen LogP contribution >= 0.6 is 0 Å². The molecule has 28 heavy (non-hydrogen) atoms. The largest absolute Gasteiger partial charge is 0.494 e. The molecule has 0 unspecified atom stereocenters. The van der Waals surface area contributed by atoms with Gasteiger partial charge in [-0.15, -0.1) is 0 Å². The Morgan fingerprint density at radius 1 is 1.18 bits per heavy atom. The van der Waals surface area contributed by atoms with Crippen molar-refractivity contribution in [2.45, 2.75) is 32.3 Å². The molecule has 6 heteroatoms. The van der Waals surface area contributed by atoms with Gasteiger partial charge in [0.25, 0.3) is 0 Å². The molecule has 1 atom stereocenters. The van der Waals surface area contributed by atoms with Gasteiger partial charge in [-0.2, -0.15) is 0 Å². The van der Waals surface area contributed by atoms with Gasteiger partial charge in [0.1, 0.15) is 22.7 Å². The van der Waals surface area contributed by atoms with E-state index in [-0.39, 0.29) is 6.54 Å². The van der Waals surface area contributed by atoms with Crippen LogP contribution in [0.25, 0.3) is 11.0 Å². The lowest BCUT2D eigenvalue weighted by Crippen LogP contribution is -2.40. The summed E-state index contributed by atoms with van der Waals surface area (Å²) in [6.07, 6.45) is 2.09. The maximum absolute atomic E-state index is 12.2. The first-order chi connectivity index (χ1) is 13.5. The number of amides is 2. The molecule has 3 aromatic rings. The summed E-state index contributed by atoms with van der Waals surface area (Å²) in [6.45, 7) is 4.41. The van der Waals surface area contributed by atoms with E-state index in [1.807, 2.05) is 36.4 Å². The number of para-hydroxylation sites is 1. The molecular formula is C22H26N2O4. The molecule has 1 aromatic heterocycles. The van der Waals surface area contributed by atoms with E-state index >= 15 is 0 Å². The number of carbonyl (C=O) groups is 1. The molecule has 2 amide bonds. The molecular weight excluding hydrogens is 356 g/mol. The van der Waals surface area contributed by atoms with E-state index in [2.05, 4.69) is 17.6 Å². The lowest BCUT2D eigenvalue weighted by molar-refractivity contribution is 0.0388. The number of urea groups is 1. The van der Waals surface area contributed by atoms with E-state index in [1.54, 1.807) is 25.1 Å².